The summed E-state index contributed by atoms with van der Waals surface area (Å²) >= 11 is 0. The lowest BCUT2D eigenvalue weighted by molar-refractivity contribution is -0.121. The molecule has 1 unspecified atom stereocenters. The second kappa shape index (κ2) is 11.3. The second-order valence-electron chi connectivity index (χ2n) is 9.23. The van der Waals surface area contributed by atoms with Crippen molar-refractivity contribution in [2.75, 3.05) is 26.7 Å². The molecule has 7 nitrogen and oxygen atoms in total. The highest BCUT2D eigenvalue weighted by Gasteiger charge is 2.28. The number of ether oxygens (including phenoxy) is 1. The van der Waals surface area contributed by atoms with Crippen LogP contribution in [-0.4, -0.2) is 52.0 Å². The number of benzene rings is 2. The summed E-state index contributed by atoms with van der Waals surface area (Å²) in [5, 5.41) is 3.12. The summed E-state index contributed by atoms with van der Waals surface area (Å²) in [6.45, 7) is 2.64. The van der Waals surface area contributed by atoms with Crippen molar-refractivity contribution in [3.05, 3.63) is 59.7 Å². The van der Waals surface area contributed by atoms with Crippen molar-refractivity contribution in [1.82, 2.24) is 14.9 Å². The predicted octanol–water partition coefficient (Wildman–Crippen LogP) is 3.41. The topological polar surface area (TPSA) is 87.7 Å². The summed E-state index contributed by atoms with van der Waals surface area (Å²) in [4.78, 5) is 15.4. The molecule has 0 radical (unpaired) electrons. The van der Waals surface area contributed by atoms with Gasteiger partial charge in [-0.15, -0.1) is 0 Å². The Morgan fingerprint density at radius 1 is 1.03 bits per heavy atom. The molecule has 0 aromatic heterocycles. The van der Waals surface area contributed by atoms with E-state index < -0.39 is 10.0 Å². The summed E-state index contributed by atoms with van der Waals surface area (Å²) in [5.74, 6) is 0.829. The number of hydrogen-bond donors (Lipinski definition) is 2. The molecule has 1 heterocycles. The van der Waals surface area contributed by atoms with Gasteiger partial charge >= 0.3 is 0 Å². The van der Waals surface area contributed by atoms with Crippen LogP contribution in [0.5, 0.6) is 5.75 Å². The minimum absolute atomic E-state index is 0.00243. The maximum absolute atomic E-state index is 12.6. The molecule has 0 bridgehead atoms. The molecule has 1 aliphatic heterocycles. The first-order valence-electron chi connectivity index (χ1n) is 12.2. The van der Waals surface area contributed by atoms with E-state index in [2.05, 4.69) is 27.1 Å². The monoisotopic (exact) mass is 485 g/mol. The minimum atomic E-state index is -3.45. The number of carbonyl (C=O) groups excluding carboxylic acids is 1. The van der Waals surface area contributed by atoms with Gasteiger partial charge in [-0.2, -0.15) is 0 Å². The van der Waals surface area contributed by atoms with Crippen molar-refractivity contribution in [1.29, 1.82) is 0 Å². The van der Waals surface area contributed by atoms with Gasteiger partial charge < -0.3 is 10.1 Å². The van der Waals surface area contributed by atoms with E-state index in [0.717, 1.165) is 37.2 Å². The fourth-order valence-corrected chi connectivity index (χ4v) is 5.70. The molecule has 8 heteroatoms. The Bertz CT molecular complexity index is 1040. The lowest BCUT2D eigenvalue weighted by Gasteiger charge is -2.35. The molecular weight excluding hydrogens is 450 g/mol. The summed E-state index contributed by atoms with van der Waals surface area (Å²) in [5.41, 5.74) is 2.13. The van der Waals surface area contributed by atoms with Crippen LogP contribution in [0.1, 0.15) is 55.7 Å². The highest BCUT2D eigenvalue weighted by Crippen LogP contribution is 2.26. The van der Waals surface area contributed by atoms with Gasteiger partial charge in [0.1, 0.15) is 5.75 Å². The lowest BCUT2D eigenvalue weighted by atomic mass is 10.0. The van der Waals surface area contributed by atoms with Crippen LogP contribution in [0.25, 0.3) is 0 Å². The molecule has 1 aliphatic carbocycles. The summed E-state index contributed by atoms with van der Waals surface area (Å²) in [7, 11) is -1.79. The summed E-state index contributed by atoms with van der Waals surface area (Å²) in [6.07, 6.45) is 6.37. The van der Waals surface area contributed by atoms with Crippen LogP contribution in [-0.2, 0) is 21.2 Å². The number of methoxy groups -OCH3 is 1. The molecule has 1 atom stereocenters. The normalized spacial score (nSPS) is 17.8. The number of rotatable bonds is 11. The zero-order valence-electron chi connectivity index (χ0n) is 19.8. The summed E-state index contributed by atoms with van der Waals surface area (Å²) < 4.78 is 32.6. The number of amides is 1. The number of hydrogen-bond acceptors (Lipinski definition) is 5. The quantitative estimate of drug-likeness (QED) is 0.509. The first-order chi connectivity index (χ1) is 16.4. The van der Waals surface area contributed by atoms with E-state index in [1.807, 2.05) is 12.1 Å². The van der Waals surface area contributed by atoms with E-state index in [9.17, 15) is 13.2 Å². The highest BCUT2D eigenvalue weighted by atomic mass is 32.2. The van der Waals surface area contributed by atoms with Gasteiger partial charge in [0.2, 0.25) is 15.9 Å². The molecular formula is C26H35N3O4S. The molecule has 2 fully saturated rings. The van der Waals surface area contributed by atoms with Crippen LogP contribution < -0.4 is 14.8 Å². The van der Waals surface area contributed by atoms with Crippen molar-refractivity contribution in [3.63, 3.8) is 0 Å². The number of nitrogens with one attached hydrogen (secondary N) is 2. The molecule has 1 saturated carbocycles. The largest absolute Gasteiger partial charge is 0.497 e. The Kier molecular flexibility index (Phi) is 8.24. The molecule has 2 aliphatic rings. The molecule has 4 rings (SSSR count). The van der Waals surface area contributed by atoms with Gasteiger partial charge in [-0.25, -0.2) is 13.1 Å². The number of sulfonamides is 1. The van der Waals surface area contributed by atoms with Crippen molar-refractivity contribution < 1.29 is 17.9 Å². The number of nitrogens with zero attached hydrogens (tertiary/aromatic N) is 1. The number of carbonyl (C=O) groups is 1. The van der Waals surface area contributed by atoms with Crippen molar-refractivity contribution in [3.8, 4) is 5.75 Å². The molecule has 0 spiro atoms. The Hall–Kier alpha value is -2.42. The predicted molar refractivity (Wildman–Crippen MR) is 132 cm³/mol. The Morgan fingerprint density at radius 3 is 2.32 bits per heavy atom. The third kappa shape index (κ3) is 6.81. The molecule has 184 valence electrons. The van der Waals surface area contributed by atoms with E-state index >= 15 is 0 Å². The van der Waals surface area contributed by atoms with E-state index in [0.29, 0.717) is 19.4 Å². The van der Waals surface area contributed by atoms with Gasteiger partial charge in [-0.1, -0.05) is 30.7 Å². The Balaban J connectivity index is 1.30. The first kappa shape index (κ1) is 24.7. The second-order valence-corrected chi connectivity index (χ2v) is 10.9. The van der Waals surface area contributed by atoms with Gasteiger partial charge in [0.05, 0.1) is 18.0 Å². The zero-order chi connectivity index (χ0) is 24.0. The molecule has 1 amide bonds. The van der Waals surface area contributed by atoms with Crippen LogP contribution in [0.2, 0.25) is 0 Å². The number of piperidine rings is 1. The highest BCUT2D eigenvalue weighted by molar-refractivity contribution is 7.89. The zero-order valence-corrected chi connectivity index (χ0v) is 20.6. The van der Waals surface area contributed by atoms with Gasteiger partial charge in [-0.05, 0) is 80.6 Å². The minimum Gasteiger partial charge on any atom is -0.497 e. The molecule has 2 aromatic rings. The molecule has 1 saturated heterocycles. The van der Waals surface area contributed by atoms with E-state index in [1.54, 1.807) is 31.4 Å². The maximum atomic E-state index is 12.6. The average molecular weight is 486 g/mol. The van der Waals surface area contributed by atoms with Crippen molar-refractivity contribution >= 4 is 15.9 Å². The van der Waals surface area contributed by atoms with Crippen molar-refractivity contribution in [2.45, 2.75) is 61.9 Å². The van der Waals surface area contributed by atoms with E-state index in [1.165, 1.54) is 24.8 Å². The van der Waals surface area contributed by atoms with Crippen LogP contribution in [0.4, 0.5) is 0 Å². The van der Waals surface area contributed by atoms with E-state index in [-0.39, 0.29) is 22.9 Å². The molecule has 2 aromatic carbocycles. The molecule has 34 heavy (non-hydrogen) atoms. The van der Waals surface area contributed by atoms with Crippen LogP contribution >= 0.6 is 0 Å². The third-order valence-corrected chi connectivity index (χ3v) is 8.13. The van der Waals surface area contributed by atoms with Crippen LogP contribution in [0.3, 0.4) is 0 Å². The lowest BCUT2D eigenvalue weighted by Crippen LogP contribution is -2.40. The van der Waals surface area contributed by atoms with E-state index in [4.69, 9.17) is 4.74 Å². The SMILES string of the molecule is COc1ccc(C(CNC(=O)CCc2ccc(S(=O)(=O)NC3CC3)cc2)N2CCCCC2)cc1. The fourth-order valence-electron chi connectivity index (χ4n) is 4.39. The third-order valence-electron chi connectivity index (χ3n) is 6.60. The maximum Gasteiger partial charge on any atom is 0.240 e. The summed E-state index contributed by atoms with van der Waals surface area (Å²) in [6, 6.07) is 15.2. The van der Waals surface area contributed by atoms with Gasteiger partial charge in [-0.3, -0.25) is 9.69 Å². The smallest absolute Gasteiger partial charge is 0.240 e. The fraction of sp³-hybridized carbons (Fsp3) is 0.500. The van der Waals surface area contributed by atoms with Gasteiger partial charge in [0, 0.05) is 19.0 Å². The molecule has 2 N–H and O–H groups in total. The average Bonchev–Trinajstić information content (AvgIpc) is 3.67. The number of aryl methyl sites for hydroxylation is 1. The van der Waals surface area contributed by atoms with Gasteiger partial charge in [0.25, 0.3) is 0 Å². The van der Waals surface area contributed by atoms with Crippen LogP contribution in [0.15, 0.2) is 53.4 Å². The Labute approximate surface area is 202 Å². The number of likely N-dealkylation sites (tertiary alicyclic amines) is 1. The first-order valence-corrected chi connectivity index (χ1v) is 13.7. The Morgan fingerprint density at radius 2 is 1.71 bits per heavy atom. The van der Waals surface area contributed by atoms with Crippen molar-refractivity contribution in [2.24, 2.45) is 0 Å². The standard InChI is InChI=1S/C26H35N3O4S/c1-33-23-12-8-21(9-13-23)25(29-17-3-2-4-18-29)19-27-26(30)16-7-20-5-14-24(15-6-20)34(31,32)28-22-10-11-22/h5-6,8-9,12-15,22,25,28H,2-4,7,10-11,16-19H2,1H3,(H,27,30). The van der Waals surface area contributed by atoms with Gasteiger partial charge in [0.15, 0.2) is 0 Å². The van der Waals surface area contributed by atoms with Crippen LogP contribution in [0, 0.1) is 0 Å².